The van der Waals surface area contributed by atoms with Crippen molar-refractivity contribution in [2.45, 2.75) is 51.0 Å². The molecule has 1 aliphatic rings. The molecule has 0 spiro atoms. The molecule has 150 valence electrons. The third kappa shape index (κ3) is 5.52. The minimum Gasteiger partial charge on any atom is -0.383 e. The second-order valence-electron chi connectivity index (χ2n) is 7.82. The largest absolute Gasteiger partial charge is 0.383 e. The summed E-state index contributed by atoms with van der Waals surface area (Å²) < 4.78 is 32.6. The first-order valence-electron chi connectivity index (χ1n) is 9.39. The van der Waals surface area contributed by atoms with Crippen molar-refractivity contribution in [3.05, 3.63) is 11.9 Å². The fourth-order valence-electron chi connectivity index (χ4n) is 3.28. The van der Waals surface area contributed by atoms with Gasteiger partial charge in [-0.25, -0.2) is 13.4 Å². The van der Waals surface area contributed by atoms with Crippen LogP contribution in [0.1, 0.15) is 32.4 Å². The molecule has 1 aromatic rings. The molecule has 0 amide bonds. The minimum atomic E-state index is -3.38. The normalized spacial score (nSPS) is 19.1. The molecule has 26 heavy (non-hydrogen) atoms. The number of hydrogen-bond donors (Lipinski definition) is 0. The van der Waals surface area contributed by atoms with Gasteiger partial charge < -0.3 is 14.2 Å². The molecule has 0 aromatic carbocycles. The Kier molecular flexibility index (Phi) is 7.63. The maximum atomic E-state index is 12.8. The molecule has 7 nitrogen and oxygen atoms in total. The van der Waals surface area contributed by atoms with Crippen molar-refractivity contribution in [3.63, 3.8) is 0 Å². The third-order valence-corrected chi connectivity index (χ3v) is 6.68. The molecule has 2 heterocycles. The van der Waals surface area contributed by atoms with Crippen LogP contribution in [0.15, 0.2) is 11.4 Å². The highest BCUT2D eigenvalue weighted by Crippen LogP contribution is 2.20. The molecule has 1 fully saturated rings. The number of methoxy groups -OCH3 is 1. The van der Waals surface area contributed by atoms with Crippen molar-refractivity contribution in [2.24, 2.45) is 5.92 Å². The van der Waals surface area contributed by atoms with Crippen LogP contribution in [0.2, 0.25) is 0 Å². The van der Waals surface area contributed by atoms with Crippen LogP contribution in [0.4, 0.5) is 0 Å². The molecule has 0 radical (unpaired) electrons. The van der Waals surface area contributed by atoms with Crippen LogP contribution in [0.25, 0.3) is 0 Å². The standard InChI is InChI=1S/C18H34N4O3S/c1-15(2)7-11-26(23,24)18-19-12-17(22(18)9-10-25-5)14-21-8-6-16(13-21)20(3)4/h12,15-16H,6-11,13-14H2,1-5H3. The summed E-state index contributed by atoms with van der Waals surface area (Å²) in [6.45, 7) is 7.79. The van der Waals surface area contributed by atoms with Crippen molar-refractivity contribution >= 4 is 9.84 Å². The Morgan fingerprint density at radius 3 is 2.69 bits per heavy atom. The molecular weight excluding hydrogens is 352 g/mol. The second kappa shape index (κ2) is 9.30. The molecular formula is C18H34N4O3S. The Labute approximate surface area is 158 Å². The van der Waals surface area contributed by atoms with E-state index < -0.39 is 9.84 Å². The number of aromatic nitrogens is 2. The highest BCUT2D eigenvalue weighted by Gasteiger charge is 2.27. The Morgan fingerprint density at radius 1 is 1.38 bits per heavy atom. The molecule has 0 N–H and O–H groups in total. The van der Waals surface area contributed by atoms with Gasteiger partial charge in [-0.15, -0.1) is 0 Å². The lowest BCUT2D eigenvalue weighted by atomic mass is 10.2. The molecule has 2 rings (SSSR count). The maximum absolute atomic E-state index is 12.8. The summed E-state index contributed by atoms with van der Waals surface area (Å²) in [4.78, 5) is 8.92. The van der Waals surface area contributed by atoms with Crippen LogP contribution in [0.3, 0.4) is 0 Å². The van der Waals surface area contributed by atoms with Gasteiger partial charge in [-0.1, -0.05) is 13.8 Å². The number of ether oxygens (including phenoxy) is 1. The van der Waals surface area contributed by atoms with E-state index in [1.807, 2.05) is 18.4 Å². The van der Waals surface area contributed by atoms with Gasteiger partial charge in [-0.3, -0.25) is 4.90 Å². The quantitative estimate of drug-likeness (QED) is 0.607. The average molecular weight is 387 g/mol. The third-order valence-electron chi connectivity index (χ3n) is 5.03. The Hall–Kier alpha value is -0.960. The lowest BCUT2D eigenvalue weighted by Crippen LogP contribution is -2.31. The summed E-state index contributed by atoms with van der Waals surface area (Å²) >= 11 is 0. The number of likely N-dealkylation sites (N-methyl/N-ethyl adjacent to an activating group) is 1. The first-order chi connectivity index (χ1) is 12.2. The molecule has 1 unspecified atom stereocenters. The van der Waals surface area contributed by atoms with Gasteiger partial charge in [0.2, 0.25) is 15.0 Å². The van der Waals surface area contributed by atoms with Gasteiger partial charge in [0.1, 0.15) is 0 Å². The molecule has 1 saturated heterocycles. The van der Waals surface area contributed by atoms with Crippen LogP contribution < -0.4 is 0 Å². The first-order valence-corrected chi connectivity index (χ1v) is 11.0. The zero-order valence-electron chi connectivity index (χ0n) is 16.8. The van der Waals surface area contributed by atoms with E-state index >= 15 is 0 Å². The van der Waals surface area contributed by atoms with E-state index in [-0.39, 0.29) is 10.9 Å². The number of nitrogens with zero attached hydrogens (tertiary/aromatic N) is 4. The average Bonchev–Trinajstić information content (AvgIpc) is 3.19. The molecule has 0 aliphatic carbocycles. The molecule has 1 atom stereocenters. The maximum Gasteiger partial charge on any atom is 0.227 e. The zero-order chi connectivity index (χ0) is 19.3. The van der Waals surface area contributed by atoms with Crippen LogP contribution in [-0.4, -0.2) is 80.5 Å². The number of imidazole rings is 1. The SMILES string of the molecule is COCCn1c(CN2CCC(N(C)C)C2)cnc1S(=O)(=O)CCC(C)C. The topological polar surface area (TPSA) is 67.7 Å². The predicted molar refractivity (Wildman–Crippen MR) is 103 cm³/mol. The van der Waals surface area contributed by atoms with Gasteiger partial charge in [0.05, 0.1) is 24.3 Å². The van der Waals surface area contributed by atoms with Crippen molar-refractivity contribution < 1.29 is 13.2 Å². The van der Waals surface area contributed by atoms with Gasteiger partial charge in [-0.05, 0) is 32.9 Å². The van der Waals surface area contributed by atoms with E-state index in [4.69, 9.17) is 4.74 Å². The summed E-state index contributed by atoms with van der Waals surface area (Å²) in [5, 5.41) is 0.188. The zero-order valence-corrected chi connectivity index (χ0v) is 17.6. The fraction of sp³-hybridized carbons (Fsp3) is 0.833. The van der Waals surface area contributed by atoms with Crippen molar-refractivity contribution in [3.8, 4) is 0 Å². The van der Waals surface area contributed by atoms with Crippen molar-refractivity contribution in [2.75, 3.05) is 46.7 Å². The summed E-state index contributed by atoms with van der Waals surface area (Å²) in [5.41, 5.74) is 0.949. The van der Waals surface area contributed by atoms with Crippen LogP contribution >= 0.6 is 0 Å². The van der Waals surface area contributed by atoms with Gasteiger partial charge in [0.25, 0.3) is 0 Å². The van der Waals surface area contributed by atoms with Crippen LogP contribution in [-0.2, 0) is 27.7 Å². The lowest BCUT2D eigenvalue weighted by molar-refractivity contribution is 0.181. The lowest BCUT2D eigenvalue weighted by Gasteiger charge is -2.21. The van der Waals surface area contributed by atoms with Crippen LogP contribution in [0.5, 0.6) is 0 Å². The van der Waals surface area contributed by atoms with E-state index in [0.717, 1.165) is 31.7 Å². The molecule has 8 heteroatoms. The van der Waals surface area contributed by atoms with E-state index in [2.05, 4.69) is 28.9 Å². The van der Waals surface area contributed by atoms with Crippen LogP contribution in [0, 0.1) is 5.92 Å². The number of sulfone groups is 1. The molecule has 1 aromatic heterocycles. The van der Waals surface area contributed by atoms with Gasteiger partial charge in [-0.2, -0.15) is 0 Å². The highest BCUT2D eigenvalue weighted by atomic mass is 32.2. The van der Waals surface area contributed by atoms with Gasteiger partial charge >= 0.3 is 0 Å². The summed E-state index contributed by atoms with van der Waals surface area (Å²) in [5.74, 6) is 0.486. The first kappa shape index (κ1) is 21.3. The summed E-state index contributed by atoms with van der Waals surface area (Å²) in [7, 11) is 2.46. The monoisotopic (exact) mass is 386 g/mol. The highest BCUT2D eigenvalue weighted by molar-refractivity contribution is 7.91. The van der Waals surface area contributed by atoms with Crippen molar-refractivity contribution in [1.82, 2.24) is 19.4 Å². The Bertz CT molecular complexity index is 670. The van der Waals surface area contributed by atoms with Crippen molar-refractivity contribution in [1.29, 1.82) is 0 Å². The van der Waals surface area contributed by atoms with Gasteiger partial charge in [0, 0.05) is 39.3 Å². The predicted octanol–water partition coefficient (Wildman–Crippen LogP) is 1.49. The number of hydrogen-bond acceptors (Lipinski definition) is 6. The fourth-order valence-corrected chi connectivity index (χ4v) is 5.00. The molecule has 0 saturated carbocycles. The van der Waals surface area contributed by atoms with E-state index in [0.29, 0.717) is 31.5 Å². The molecule has 1 aliphatic heterocycles. The summed E-state index contributed by atoms with van der Waals surface area (Å²) in [6, 6.07) is 0.555. The van der Waals surface area contributed by atoms with E-state index in [1.54, 1.807) is 13.3 Å². The van der Waals surface area contributed by atoms with E-state index in [1.165, 1.54) is 0 Å². The number of rotatable bonds is 10. The van der Waals surface area contributed by atoms with E-state index in [9.17, 15) is 8.42 Å². The smallest absolute Gasteiger partial charge is 0.227 e. The summed E-state index contributed by atoms with van der Waals surface area (Å²) in [6.07, 6.45) is 3.51. The molecule has 0 bridgehead atoms. The Balaban J connectivity index is 2.18. The number of likely N-dealkylation sites (tertiary alicyclic amines) is 1. The minimum absolute atomic E-state index is 0.139. The van der Waals surface area contributed by atoms with Gasteiger partial charge in [0.15, 0.2) is 0 Å². The second-order valence-corrected chi connectivity index (χ2v) is 9.82. The Morgan fingerprint density at radius 2 is 2.12 bits per heavy atom.